The van der Waals surface area contributed by atoms with Gasteiger partial charge in [-0.1, -0.05) is 0 Å². The number of hydrogen-bond acceptors (Lipinski definition) is 5. The van der Waals surface area contributed by atoms with Crippen LogP contribution in [0.15, 0.2) is 22.9 Å². The molecule has 6 nitrogen and oxygen atoms in total. The molecule has 0 spiro atoms. The number of fused-ring (bicyclic) bond motifs is 1. The van der Waals surface area contributed by atoms with Crippen molar-refractivity contribution in [3.05, 3.63) is 24.4 Å². The first-order valence-electron chi connectivity index (χ1n) is 4.82. The molecule has 16 heavy (non-hydrogen) atoms. The third kappa shape index (κ3) is 1.27. The lowest BCUT2D eigenvalue weighted by Gasteiger charge is -1.97. The fourth-order valence-corrected chi connectivity index (χ4v) is 1.57. The number of aryl methyl sites for hydroxylation is 2. The highest BCUT2D eigenvalue weighted by molar-refractivity contribution is 5.71. The highest BCUT2D eigenvalue weighted by atomic mass is 16.3. The van der Waals surface area contributed by atoms with Crippen LogP contribution in [-0.2, 0) is 7.05 Å². The first kappa shape index (κ1) is 9.02. The predicted octanol–water partition coefficient (Wildman–Crippen LogP) is 1.33. The van der Waals surface area contributed by atoms with Crippen LogP contribution >= 0.6 is 0 Å². The first-order chi connectivity index (χ1) is 7.74. The molecular weight excluding hydrogens is 206 g/mol. The maximum Gasteiger partial charge on any atom is 0.199 e. The van der Waals surface area contributed by atoms with Crippen molar-refractivity contribution < 1.29 is 4.42 Å². The van der Waals surface area contributed by atoms with Gasteiger partial charge in [-0.3, -0.25) is 0 Å². The van der Waals surface area contributed by atoms with Gasteiger partial charge >= 0.3 is 0 Å². The lowest BCUT2D eigenvalue weighted by Crippen LogP contribution is -1.93. The molecule has 3 aromatic heterocycles. The maximum atomic E-state index is 5.35. The molecule has 0 unspecified atom stereocenters. The van der Waals surface area contributed by atoms with Gasteiger partial charge in [0.25, 0.3) is 0 Å². The molecule has 0 saturated carbocycles. The second-order valence-corrected chi connectivity index (χ2v) is 3.52. The van der Waals surface area contributed by atoms with Gasteiger partial charge in [0.2, 0.25) is 0 Å². The van der Waals surface area contributed by atoms with Crippen molar-refractivity contribution in [1.82, 2.24) is 24.7 Å². The lowest BCUT2D eigenvalue weighted by atomic mass is 10.3. The van der Waals surface area contributed by atoms with Gasteiger partial charge in [-0.2, -0.15) is 4.98 Å². The van der Waals surface area contributed by atoms with Gasteiger partial charge in [0.05, 0.1) is 0 Å². The number of aromatic nitrogens is 5. The van der Waals surface area contributed by atoms with E-state index in [1.54, 1.807) is 17.8 Å². The van der Waals surface area contributed by atoms with E-state index in [4.69, 9.17) is 4.42 Å². The Morgan fingerprint density at radius 3 is 2.88 bits per heavy atom. The molecule has 0 aliphatic carbocycles. The number of nitrogens with zero attached hydrogens (tertiary/aromatic N) is 5. The zero-order valence-electron chi connectivity index (χ0n) is 8.88. The topological polar surface area (TPSA) is 69.6 Å². The third-order valence-electron chi connectivity index (χ3n) is 2.30. The van der Waals surface area contributed by atoms with Crippen LogP contribution in [0.25, 0.3) is 22.7 Å². The Morgan fingerprint density at radius 1 is 1.25 bits per heavy atom. The van der Waals surface area contributed by atoms with Crippen molar-refractivity contribution >= 4 is 11.2 Å². The minimum Gasteiger partial charge on any atom is -0.439 e. The molecule has 0 fully saturated rings. The summed E-state index contributed by atoms with van der Waals surface area (Å²) in [4.78, 5) is 8.55. The molecule has 0 radical (unpaired) electrons. The minimum absolute atomic E-state index is 0.595. The molecule has 0 saturated heterocycles. The summed E-state index contributed by atoms with van der Waals surface area (Å²) in [5.41, 5.74) is 2.02. The minimum atomic E-state index is 0.595. The Morgan fingerprint density at radius 2 is 2.12 bits per heavy atom. The quantitative estimate of drug-likeness (QED) is 0.612. The molecule has 0 aromatic carbocycles. The van der Waals surface area contributed by atoms with Gasteiger partial charge in [0.15, 0.2) is 22.9 Å². The van der Waals surface area contributed by atoms with Gasteiger partial charge in [-0.25, -0.2) is 4.98 Å². The van der Waals surface area contributed by atoms with Crippen LogP contribution in [-0.4, -0.2) is 24.7 Å². The van der Waals surface area contributed by atoms with Crippen molar-refractivity contribution in [2.45, 2.75) is 6.92 Å². The Labute approximate surface area is 91.0 Å². The van der Waals surface area contributed by atoms with E-state index in [9.17, 15) is 0 Å². The van der Waals surface area contributed by atoms with Gasteiger partial charge < -0.3 is 8.98 Å². The molecular formula is C10H9N5O. The average Bonchev–Trinajstić information content (AvgIpc) is 2.81. The monoisotopic (exact) mass is 215 g/mol. The van der Waals surface area contributed by atoms with Gasteiger partial charge in [-0.05, 0) is 12.1 Å². The molecule has 6 heteroatoms. The Bertz CT molecular complexity index is 654. The van der Waals surface area contributed by atoms with Crippen LogP contribution < -0.4 is 0 Å². The van der Waals surface area contributed by atoms with Crippen LogP contribution in [0.4, 0.5) is 0 Å². The molecule has 0 atom stereocenters. The lowest BCUT2D eigenvalue weighted by molar-refractivity contribution is 0.561. The Hall–Kier alpha value is -2.24. The molecule has 3 rings (SSSR count). The fraction of sp³-hybridized carbons (Fsp3) is 0.200. The molecule has 3 heterocycles. The van der Waals surface area contributed by atoms with Gasteiger partial charge in [0.1, 0.15) is 12.0 Å². The van der Waals surface area contributed by atoms with Crippen molar-refractivity contribution in [1.29, 1.82) is 0 Å². The van der Waals surface area contributed by atoms with Crippen LogP contribution in [0.2, 0.25) is 0 Å². The third-order valence-corrected chi connectivity index (χ3v) is 2.30. The number of pyridine rings is 1. The smallest absolute Gasteiger partial charge is 0.199 e. The van der Waals surface area contributed by atoms with Crippen LogP contribution in [0.5, 0.6) is 0 Å². The Balaban J connectivity index is 2.22. The number of oxazole rings is 1. The van der Waals surface area contributed by atoms with Gasteiger partial charge in [0, 0.05) is 14.0 Å². The molecule has 80 valence electrons. The van der Waals surface area contributed by atoms with Crippen molar-refractivity contribution in [3.8, 4) is 11.5 Å². The summed E-state index contributed by atoms with van der Waals surface area (Å²) < 4.78 is 7.16. The molecule has 0 aliphatic rings. The van der Waals surface area contributed by atoms with E-state index in [2.05, 4.69) is 20.2 Å². The van der Waals surface area contributed by atoms with E-state index >= 15 is 0 Å². The summed E-state index contributed by atoms with van der Waals surface area (Å²) in [6, 6.07) is 3.68. The largest absolute Gasteiger partial charge is 0.439 e. The molecule has 0 N–H and O–H groups in total. The highest BCUT2D eigenvalue weighted by Gasteiger charge is 2.09. The van der Waals surface area contributed by atoms with E-state index < -0.39 is 0 Å². The van der Waals surface area contributed by atoms with Gasteiger partial charge in [-0.15, -0.1) is 10.2 Å². The molecule has 0 amide bonds. The normalized spacial score (nSPS) is 11.1. The first-order valence-corrected chi connectivity index (χ1v) is 4.82. The summed E-state index contributed by atoms with van der Waals surface area (Å²) >= 11 is 0. The average molecular weight is 215 g/mol. The van der Waals surface area contributed by atoms with Crippen LogP contribution in [0.1, 0.15) is 5.89 Å². The van der Waals surface area contributed by atoms with E-state index in [0.29, 0.717) is 22.9 Å². The summed E-state index contributed by atoms with van der Waals surface area (Å²) in [7, 11) is 1.87. The standard InChI is InChI=1S/C10H9N5O/c1-6-12-9-8(16-6)4-3-7(13-9)10-14-11-5-15(10)2/h3-5H,1-2H3. The van der Waals surface area contributed by atoms with E-state index in [-0.39, 0.29) is 0 Å². The van der Waals surface area contributed by atoms with Crippen molar-refractivity contribution in [3.63, 3.8) is 0 Å². The summed E-state index contributed by atoms with van der Waals surface area (Å²) in [5, 5.41) is 7.80. The SMILES string of the molecule is Cc1nc2nc(-c3nncn3C)ccc2o1. The zero-order chi connectivity index (χ0) is 11.1. The summed E-state index contributed by atoms with van der Waals surface area (Å²) in [5.74, 6) is 1.32. The summed E-state index contributed by atoms with van der Waals surface area (Å²) in [6.45, 7) is 1.80. The summed E-state index contributed by atoms with van der Waals surface area (Å²) in [6.07, 6.45) is 1.63. The molecule has 3 aromatic rings. The second kappa shape index (κ2) is 3.13. The second-order valence-electron chi connectivity index (χ2n) is 3.52. The molecule has 0 bridgehead atoms. The number of hydrogen-bond donors (Lipinski definition) is 0. The maximum absolute atomic E-state index is 5.35. The molecule has 0 aliphatic heterocycles. The van der Waals surface area contributed by atoms with Crippen molar-refractivity contribution in [2.75, 3.05) is 0 Å². The number of rotatable bonds is 1. The zero-order valence-corrected chi connectivity index (χ0v) is 8.88. The Kier molecular flexibility index (Phi) is 1.76. The van der Waals surface area contributed by atoms with E-state index in [1.165, 1.54) is 0 Å². The van der Waals surface area contributed by atoms with E-state index in [1.807, 2.05) is 19.2 Å². The highest BCUT2D eigenvalue weighted by Crippen LogP contribution is 2.18. The van der Waals surface area contributed by atoms with E-state index in [0.717, 1.165) is 5.69 Å². The predicted molar refractivity (Wildman–Crippen MR) is 56.5 cm³/mol. The van der Waals surface area contributed by atoms with Crippen LogP contribution in [0, 0.1) is 6.92 Å². The van der Waals surface area contributed by atoms with Crippen LogP contribution in [0.3, 0.4) is 0 Å². The van der Waals surface area contributed by atoms with Crippen molar-refractivity contribution in [2.24, 2.45) is 7.05 Å². The fourth-order valence-electron chi connectivity index (χ4n) is 1.57.